The first-order valence-electron chi connectivity index (χ1n) is 5.11. The third-order valence-corrected chi connectivity index (χ3v) is 2.54. The molecule has 0 spiro atoms. The minimum atomic E-state index is -0.186. The van der Waals surface area contributed by atoms with Crippen LogP contribution < -0.4 is 10.6 Å². The summed E-state index contributed by atoms with van der Waals surface area (Å²) >= 11 is 0. The van der Waals surface area contributed by atoms with E-state index in [1.54, 1.807) is 6.92 Å². The van der Waals surface area contributed by atoms with Crippen LogP contribution in [0.2, 0.25) is 0 Å². The summed E-state index contributed by atoms with van der Waals surface area (Å²) in [6.07, 6.45) is 1.86. The van der Waals surface area contributed by atoms with Gasteiger partial charge < -0.3 is 10.8 Å². The molecule has 1 fully saturated rings. The number of aliphatic hydroxyl groups is 1. The molecule has 6 nitrogen and oxygen atoms in total. The number of hydrogen-bond acceptors (Lipinski definition) is 5. The summed E-state index contributed by atoms with van der Waals surface area (Å²) in [4.78, 5) is 21.4. The molecule has 3 N–H and O–H groups in total. The summed E-state index contributed by atoms with van der Waals surface area (Å²) in [5.74, 6) is 0.994. The number of carbonyl (C=O) groups is 1. The Kier molecular flexibility index (Phi) is 2.84. The number of rotatable bonds is 2. The van der Waals surface area contributed by atoms with Crippen LogP contribution in [-0.4, -0.2) is 33.6 Å². The first-order valence-corrected chi connectivity index (χ1v) is 5.11. The van der Waals surface area contributed by atoms with E-state index in [2.05, 4.69) is 9.97 Å². The van der Waals surface area contributed by atoms with Gasteiger partial charge in [0.25, 0.3) is 0 Å². The highest BCUT2D eigenvalue weighted by atomic mass is 16.3. The third kappa shape index (κ3) is 1.89. The minimum absolute atomic E-state index is 0.0553. The van der Waals surface area contributed by atoms with Crippen molar-refractivity contribution in [2.24, 2.45) is 5.73 Å². The third-order valence-electron chi connectivity index (χ3n) is 2.54. The number of aryl methyl sites for hydroxylation is 1. The Bertz CT molecular complexity index is 421. The number of aliphatic hydroxyl groups excluding tert-OH is 1. The van der Waals surface area contributed by atoms with Gasteiger partial charge in [-0.2, -0.15) is 0 Å². The largest absolute Gasteiger partial charge is 0.391 e. The van der Waals surface area contributed by atoms with Crippen molar-refractivity contribution in [1.82, 2.24) is 9.97 Å². The van der Waals surface area contributed by atoms with Gasteiger partial charge in [-0.15, -0.1) is 0 Å². The van der Waals surface area contributed by atoms with E-state index < -0.39 is 0 Å². The van der Waals surface area contributed by atoms with Crippen LogP contribution in [0.25, 0.3) is 0 Å². The van der Waals surface area contributed by atoms with Gasteiger partial charge in [0.15, 0.2) is 0 Å². The molecule has 0 saturated carbocycles. The molecule has 16 heavy (non-hydrogen) atoms. The fourth-order valence-electron chi connectivity index (χ4n) is 1.77. The van der Waals surface area contributed by atoms with Gasteiger partial charge in [0, 0.05) is 30.8 Å². The Hall–Kier alpha value is -1.53. The zero-order valence-electron chi connectivity index (χ0n) is 9.05. The molecular formula is C10H14N4O2. The van der Waals surface area contributed by atoms with Crippen molar-refractivity contribution in [3.8, 4) is 0 Å². The van der Waals surface area contributed by atoms with E-state index >= 15 is 0 Å². The van der Waals surface area contributed by atoms with Crippen molar-refractivity contribution >= 4 is 11.7 Å². The molecule has 0 bridgehead atoms. The maximum absolute atomic E-state index is 11.7. The lowest BCUT2D eigenvalue weighted by atomic mass is 10.3. The molecule has 1 unspecified atom stereocenters. The quantitative estimate of drug-likeness (QED) is 0.693. The Labute approximate surface area is 93.1 Å². The predicted octanol–water partition coefficient (Wildman–Crippen LogP) is -0.659. The minimum Gasteiger partial charge on any atom is -0.391 e. The summed E-state index contributed by atoms with van der Waals surface area (Å²) in [5, 5.41) is 9.17. The van der Waals surface area contributed by atoms with Gasteiger partial charge >= 0.3 is 0 Å². The smallest absolute Gasteiger partial charge is 0.229 e. The van der Waals surface area contributed by atoms with Crippen molar-refractivity contribution in [2.75, 3.05) is 11.4 Å². The molecule has 1 atom stereocenters. The molecule has 0 aromatic carbocycles. The van der Waals surface area contributed by atoms with Gasteiger partial charge in [-0.25, -0.2) is 9.97 Å². The van der Waals surface area contributed by atoms with E-state index in [1.807, 2.05) is 0 Å². The molecule has 1 saturated heterocycles. The van der Waals surface area contributed by atoms with Gasteiger partial charge in [0.05, 0.1) is 6.61 Å². The SMILES string of the molecule is Cc1ncc(CO)c(N2CC(N)CC2=O)n1. The van der Waals surface area contributed by atoms with E-state index in [0.29, 0.717) is 30.2 Å². The van der Waals surface area contributed by atoms with Crippen molar-refractivity contribution in [3.05, 3.63) is 17.6 Å². The van der Waals surface area contributed by atoms with Crippen LogP contribution in [0.15, 0.2) is 6.20 Å². The van der Waals surface area contributed by atoms with Crippen LogP contribution in [0.4, 0.5) is 5.82 Å². The van der Waals surface area contributed by atoms with Crippen LogP contribution >= 0.6 is 0 Å². The summed E-state index contributed by atoms with van der Waals surface area (Å²) in [6, 6.07) is -0.158. The summed E-state index contributed by atoms with van der Waals surface area (Å²) in [6.45, 7) is 2.00. The summed E-state index contributed by atoms with van der Waals surface area (Å²) < 4.78 is 0. The molecule has 2 rings (SSSR count). The molecule has 1 aromatic heterocycles. The van der Waals surface area contributed by atoms with E-state index in [4.69, 9.17) is 5.73 Å². The highest BCUT2D eigenvalue weighted by molar-refractivity contribution is 5.95. The number of nitrogens with zero attached hydrogens (tertiary/aromatic N) is 3. The van der Waals surface area contributed by atoms with Crippen LogP contribution in [0.1, 0.15) is 17.8 Å². The van der Waals surface area contributed by atoms with Crippen molar-refractivity contribution in [3.63, 3.8) is 0 Å². The first-order chi connectivity index (χ1) is 7.61. The molecule has 86 valence electrons. The van der Waals surface area contributed by atoms with Crippen molar-refractivity contribution < 1.29 is 9.90 Å². The number of nitrogens with two attached hydrogens (primary N) is 1. The second kappa shape index (κ2) is 4.15. The van der Waals surface area contributed by atoms with E-state index in [0.717, 1.165) is 0 Å². The molecule has 1 amide bonds. The Morgan fingerprint density at radius 1 is 1.69 bits per heavy atom. The standard InChI is InChI=1S/C10H14N4O2/c1-6-12-3-7(5-15)10(13-6)14-4-8(11)2-9(14)16/h3,8,15H,2,4-5,11H2,1H3. The second-order valence-corrected chi connectivity index (χ2v) is 3.89. The van der Waals surface area contributed by atoms with Gasteiger partial charge in [0.2, 0.25) is 5.91 Å². The lowest BCUT2D eigenvalue weighted by Crippen LogP contribution is -2.30. The Morgan fingerprint density at radius 2 is 2.44 bits per heavy atom. The van der Waals surface area contributed by atoms with Gasteiger partial charge in [0.1, 0.15) is 11.6 Å². The van der Waals surface area contributed by atoms with E-state index in [-0.39, 0.29) is 18.6 Å². The highest BCUT2D eigenvalue weighted by Crippen LogP contribution is 2.22. The fourth-order valence-corrected chi connectivity index (χ4v) is 1.77. The molecule has 6 heteroatoms. The maximum Gasteiger partial charge on any atom is 0.229 e. The molecule has 1 aliphatic heterocycles. The van der Waals surface area contributed by atoms with Crippen molar-refractivity contribution in [1.29, 1.82) is 0 Å². The number of anilines is 1. The predicted molar refractivity (Wildman–Crippen MR) is 57.6 cm³/mol. The van der Waals surface area contributed by atoms with Crippen LogP contribution in [0, 0.1) is 6.92 Å². The number of hydrogen-bond donors (Lipinski definition) is 2. The Morgan fingerprint density at radius 3 is 3.00 bits per heavy atom. The van der Waals surface area contributed by atoms with E-state index in [1.165, 1.54) is 11.1 Å². The number of aromatic nitrogens is 2. The second-order valence-electron chi connectivity index (χ2n) is 3.89. The van der Waals surface area contributed by atoms with Gasteiger partial charge in [-0.05, 0) is 6.92 Å². The van der Waals surface area contributed by atoms with Gasteiger partial charge in [-0.1, -0.05) is 0 Å². The lowest BCUT2D eigenvalue weighted by molar-refractivity contribution is -0.117. The number of carbonyl (C=O) groups excluding carboxylic acids is 1. The van der Waals surface area contributed by atoms with Crippen LogP contribution in [0.5, 0.6) is 0 Å². The first kappa shape index (κ1) is 11.0. The topological polar surface area (TPSA) is 92.3 Å². The number of amides is 1. The zero-order chi connectivity index (χ0) is 11.7. The van der Waals surface area contributed by atoms with Crippen LogP contribution in [0.3, 0.4) is 0 Å². The molecule has 0 aliphatic carbocycles. The summed E-state index contributed by atoms with van der Waals surface area (Å²) in [7, 11) is 0. The monoisotopic (exact) mass is 222 g/mol. The van der Waals surface area contributed by atoms with Gasteiger partial charge in [-0.3, -0.25) is 9.69 Å². The Balaban J connectivity index is 2.39. The average molecular weight is 222 g/mol. The maximum atomic E-state index is 11.7. The fraction of sp³-hybridized carbons (Fsp3) is 0.500. The van der Waals surface area contributed by atoms with E-state index in [9.17, 15) is 9.90 Å². The lowest BCUT2D eigenvalue weighted by Gasteiger charge is -2.17. The molecule has 1 aromatic rings. The average Bonchev–Trinajstić information content (AvgIpc) is 2.57. The molecule has 2 heterocycles. The normalized spacial score (nSPS) is 20.6. The summed E-state index contributed by atoms with van der Waals surface area (Å²) in [5.41, 5.74) is 6.26. The molecule has 1 aliphatic rings. The van der Waals surface area contributed by atoms with Crippen molar-refractivity contribution in [2.45, 2.75) is 26.0 Å². The molecular weight excluding hydrogens is 208 g/mol. The molecule has 0 radical (unpaired) electrons. The highest BCUT2D eigenvalue weighted by Gasteiger charge is 2.30. The van der Waals surface area contributed by atoms with Crippen LogP contribution in [-0.2, 0) is 11.4 Å². The zero-order valence-corrected chi connectivity index (χ0v) is 9.05.